The predicted molar refractivity (Wildman–Crippen MR) is 77.8 cm³/mol. The molecule has 0 spiro atoms. The van der Waals surface area contributed by atoms with Crippen LogP contribution in [0.1, 0.15) is 36.0 Å². The highest BCUT2D eigenvalue weighted by molar-refractivity contribution is 6.34. The lowest BCUT2D eigenvalue weighted by atomic mass is 9.83. The van der Waals surface area contributed by atoms with Crippen LogP contribution in [0.2, 0.25) is 5.02 Å². The number of carbonyl (C=O) groups excluding carboxylic acids is 1. The number of ketones is 1. The predicted octanol–water partition coefficient (Wildman–Crippen LogP) is 3.98. The summed E-state index contributed by atoms with van der Waals surface area (Å²) in [6, 6.07) is 3.39. The first-order valence-electron chi connectivity index (χ1n) is 7.09. The smallest absolute Gasteiger partial charge is 0.167 e. The van der Waals surface area contributed by atoms with Crippen molar-refractivity contribution < 1.29 is 14.3 Å². The highest BCUT2D eigenvalue weighted by atomic mass is 35.5. The van der Waals surface area contributed by atoms with E-state index in [1.54, 1.807) is 26.4 Å². The molecule has 0 N–H and O–H groups in total. The number of fused-ring (bicyclic) bond motifs is 2. The van der Waals surface area contributed by atoms with Gasteiger partial charge in [-0.1, -0.05) is 18.0 Å². The lowest BCUT2D eigenvalue weighted by Gasteiger charge is -2.21. The minimum absolute atomic E-state index is 0.143. The number of ether oxygens (including phenoxy) is 2. The molecule has 0 amide bonds. The van der Waals surface area contributed by atoms with Crippen LogP contribution >= 0.6 is 11.6 Å². The van der Waals surface area contributed by atoms with Gasteiger partial charge in [0, 0.05) is 17.5 Å². The summed E-state index contributed by atoms with van der Waals surface area (Å²) < 4.78 is 10.5. The molecule has 1 aromatic carbocycles. The van der Waals surface area contributed by atoms with Crippen LogP contribution in [0.3, 0.4) is 0 Å². The molecule has 1 aromatic rings. The Kier molecular flexibility index (Phi) is 3.63. The van der Waals surface area contributed by atoms with Crippen LogP contribution in [0.25, 0.3) is 0 Å². The summed E-state index contributed by atoms with van der Waals surface area (Å²) in [5.74, 6) is 2.72. The fraction of sp³-hybridized carbons (Fsp3) is 0.562. The SMILES string of the molecule is COc1cc(Cl)c(C(=O)C2CC3CCC2C3)cc1OC. The first-order valence-corrected chi connectivity index (χ1v) is 7.47. The molecule has 2 saturated carbocycles. The van der Waals surface area contributed by atoms with Gasteiger partial charge in [0.2, 0.25) is 0 Å². The van der Waals surface area contributed by atoms with Gasteiger partial charge >= 0.3 is 0 Å². The lowest BCUT2D eigenvalue weighted by Crippen LogP contribution is -2.21. The Bertz CT molecular complexity index is 541. The van der Waals surface area contributed by atoms with E-state index in [4.69, 9.17) is 21.1 Å². The van der Waals surface area contributed by atoms with Crippen molar-refractivity contribution in [2.75, 3.05) is 14.2 Å². The molecule has 108 valence electrons. The zero-order chi connectivity index (χ0) is 14.3. The second-order valence-electron chi connectivity index (χ2n) is 5.83. The second kappa shape index (κ2) is 5.28. The molecular weight excluding hydrogens is 276 g/mol. The van der Waals surface area contributed by atoms with Crippen molar-refractivity contribution in [1.82, 2.24) is 0 Å². The van der Waals surface area contributed by atoms with E-state index in [-0.39, 0.29) is 11.7 Å². The number of carbonyl (C=O) groups is 1. The second-order valence-corrected chi connectivity index (χ2v) is 6.24. The lowest BCUT2D eigenvalue weighted by molar-refractivity contribution is 0.0874. The van der Waals surface area contributed by atoms with Crippen LogP contribution in [0, 0.1) is 17.8 Å². The molecule has 3 nitrogen and oxygen atoms in total. The minimum Gasteiger partial charge on any atom is -0.493 e. The number of rotatable bonds is 4. The Balaban J connectivity index is 1.91. The van der Waals surface area contributed by atoms with Gasteiger partial charge in [-0.3, -0.25) is 4.79 Å². The van der Waals surface area contributed by atoms with E-state index in [1.807, 2.05) is 0 Å². The standard InChI is InChI=1S/C16H19ClO3/c1-19-14-7-12(13(17)8-15(14)20-2)16(18)11-6-9-3-4-10(11)5-9/h7-11H,3-6H2,1-2H3. The third-order valence-electron chi connectivity index (χ3n) is 4.81. The summed E-state index contributed by atoms with van der Waals surface area (Å²) in [7, 11) is 3.13. The summed E-state index contributed by atoms with van der Waals surface area (Å²) in [5.41, 5.74) is 0.571. The molecule has 2 bridgehead atoms. The van der Waals surface area contributed by atoms with E-state index in [1.165, 1.54) is 19.3 Å². The van der Waals surface area contributed by atoms with Crippen molar-refractivity contribution in [3.63, 3.8) is 0 Å². The zero-order valence-corrected chi connectivity index (χ0v) is 12.6. The summed E-state index contributed by atoms with van der Waals surface area (Å²) >= 11 is 6.26. The Hall–Kier alpha value is -1.22. The van der Waals surface area contributed by atoms with E-state index >= 15 is 0 Å². The molecule has 2 fully saturated rings. The van der Waals surface area contributed by atoms with Crippen LogP contribution in [0.15, 0.2) is 12.1 Å². The van der Waals surface area contributed by atoms with E-state index in [0.29, 0.717) is 28.0 Å². The molecule has 0 radical (unpaired) electrons. The van der Waals surface area contributed by atoms with Gasteiger partial charge in [0.25, 0.3) is 0 Å². The molecule has 0 aliphatic heterocycles. The van der Waals surface area contributed by atoms with E-state index in [2.05, 4.69) is 0 Å². The molecular formula is C16H19ClO3. The molecule has 0 aromatic heterocycles. The number of hydrogen-bond donors (Lipinski definition) is 0. The normalized spacial score (nSPS) is 27.6. The summed E-state index contributed by atoms with van der Waals surface area (Å²) in [4.78, 5) is 12.7. The molecule has 3 atom stereocenters. The Morgan fingerprint density at radius 2 is 1.85 bits per heavy atom. The molecule has 2 aliphatic rings. The van der Waals surface area contributed by atoms with Crippen molar-refractivity contribution in [3.05, 3.63) is 22.7 Å². The van der Waals surface area contributed by atoms with Gasteiger partial charge in [0.05, 0.1) is 19.2 Å². The molecule has 2 aliphatic carbocycles. The summed E-state index contributed by atoms with van der Waals surface area (Å²) in [5, 5.41) is 0.454. The van der Waals surface area contributed by atoms with Crippen LogP contribution in [0.5, 0.6) is 11.5 Å². The fourth-order valence-corrected chi connectivity index (χ4v) is 4.06. The highest BCUT2D eigenvalue weighted by Gasteiger charge is 2.43. The van der Waals surface area contributed by atoms with Crippen LogP contribution in [0.4, 0.5) is 0 Å². The fourth-order valence-electron chi connectivity index (χ4n) is 3.81. The Morgan fingerprint density at radius 1 is 1.15 bits per heavy atom. The zero-order valence-electron chi connectivity index (χ0n) is 11.8. The van der Waals surface area contributed by atoms with Gasteiger partial charge in [-0.05, 0) is 37.2 Å². The van der Waals surface area contributed by atoms with Crippen molar-refractivity contribution in [2.45, 2.75) is 25.7 Å². The van der Waals surface area contributed by atoms with Gasteiger partial charge in [-0.2, -0.15) is 0 Å². The number of Topliss-reactive ketones (excluding diaryl/α,β-unsaturated/α-hetero) is 1. The minimum atomic E-state index is 0.143. The summed E-state index contributed by atoms with van der Waals surface area (Å²) in [6.07, 6.45) is 4.70. The largest absolute Gasteiger partial charge is 0.493 e. The quantitative estimate of drug-likeness (QED) is 0.788. The molecule has 20 heavy (non-hydrogen) atoms. The first-order chi connectivity index (χ1) is 9.63. The highest BCUT2D eigenvalue weighted by Crippen LogP contribution is 2.50. The maximum Gasteiger partial charge on any atom is 0.167 e. The van der Waals surface area contributed by atoms with Crippen molar-refractivity contribution in [2.24, 2.45) is 17.8 Å². The van der Waals surface area contributed by atoms with Crippen molar-refractivity contribution in [3.8, 4) is 11.5 Å². The molecule has 0 heterocycles. The molecule has 0 saturated heterocycles. The van der Waals surface area contributed by atoms with Gasteiger partial charge in [-0.25, -0.2) is 0 Å². The number of hydrogen-bond acceptors (Lipinski definition) is 3. The number of halogens is 1. The Morgan fingerprint density at radius 3 is 2.40 bits per heavy atom. The topological polar surface area (TPSA) is 35.5 Å². The van der Waals surface area contributed by atoms with Gasteiger partial charge in [-0.15, -0.1) is 0 Å². The van der Waals surface area contributed by atoms with E-state index < -0.39 is 0 Å². The van der Waals surface area contributed by atoms with E-state index in [0.717, 1.165) is 12.3 Å². The number of benzene rings is 1. The molecule has 3 rings (SSSR count). The molecule has 4 heteroatoms. The van der Waals surface area contributed by atoms with Gasteiger partial charge in [0.1, 0.15) is 0 Å². The third-order valence-corrected chi connectivity index (χ3v) is 5.13. The van der Waals surface area contributed by atoms with Crippen LogP contribution in [-0.4, -0.2) is 20.0 Å². The first kappa shape index (κ1) is 13.7. The van der Waals surface area contributed by atoms with Gasteiger partial charge in [0.15, 0.2) is 17.3 Å². The number of methoxy groups -OCH3 is 2. The average molecular weight is 295 g/mol. The van der Waals surface area contributed by atoms with Crippen molar-refractivity contribution in [1.29, 1.82) is 0 Å². The van der Waals surface area contributed by atoms with Crippen LogP contribution < -0.4 is 9.47 Å². The third kappa shape index (κ3) is 2.18. The van der Waals surface area contributed by atoms with Gasteiger partial charge < -0.3 is 9.47 Å². The monoisotopic (exact) mass is 294 g/mol. The summed E-state index contributed by atoms with van der Waals surface area (Å²) in [6.45, 7) is 0. The maximum absolute atomic E-state index is 12.7. The average Bonchev–Trinajstić information content (AvgIpc) is 3.08. The molecule has 3 unspecified atom stereocenters. The van der Waals surface area contributed by atoms with Crippen molar-refractivity contribution >= 4 is 17.4 Å². The maximum atomic E-state index is 12.7. The van der Waals surface area contributed by atoms with Crippen LogP contribution in [-0.2, 0) is 0 Å². The van der Waals surface area contributed by atoms with E-state index in [9.17, 15) is 4.79 Å². The Labute approximate surface area is 124 Å².